The van der Waals surface area contributed by atoms with Crippen molar-refractivity contribution < 1.29 is 0 Å². The van der Waals surface area contributed by atoms with Crippen LogP contribution < -0.4 is 0 Å². The Balaban J connectivity index is 2.17. The molecule has 0 radical (unpaired) electrons. The van der Waals surface area contributed by atoms with E-state index in [9.17, 15) is 5.26 Å². The van der Waals surface area contributed by atoms with Gasteiger partial charge in [0.2, 0.25) is 0 Å². The van der Waals surface area contributed by atoms with Crippen molar-refractivity contribution in [2.24, 2.45) is 0 Å². The fourth-order valence-electron chi connectivity index (χ4n) is 2.09. The lowest BCUT2D eigenvalue weighted by atomic mass is 10.1. The van der Waals surface area contributed by atoms with Crippen molar-refractivity contribution in [2.75, 3.05) is 0 Å². The fraction of sp³-hybridized carbons (Fsp3) is 0.462. The van der Waals surface area contributed by atoms with E-state index in [0.717, 1.165) is 12.8 Å². The van der Waals surface area contributed by atoms with Gasteiger partial charge in [0.25, 0.3) is 0 Å². The molecule has 15 heavy (non-hydrogen) atoms. The molecule has 1 fully saturated rings. The van der Waals surface area contributed by atoms with Gasteiger partial charge >= 0.3 is 0 Å². The monoisotopic (exact) mass is 217 g/mol. The van der Waals surface area contributed by atoms with E-state index in [1.54, 1.807) is 11.8 Å². The number of thioether (sulfide) groups is 1. The highest BCUT2D eigenvalue weighted by Gasteiger charge is 2.34. The second kappa shape index (κ2) is 4.28. The summed E-state index contributed by atoms with van der Waals surface area (Å²) in [7, 11) is 0. The quantitative estimate of drug-likeness (QED) is 0.749. The fourth-order valence-corrected chi connectivity index (χ4v) is 3.47. The van der Waals surface area contributed by atoms with Crippen LogP contribution in [0.1, 0.15) is 31.2 Å². The molecule has 78 valence electrons. The Kier molecular flexibility index (Phi) is 3.02. The molecule has 0 heterocycles. The molecule has 2 rings (SSSR count). The SMILES string of the molecule is Cc1cccc(SC2(C#N)CCCC2)c1. The summed E-state index contributed by atoms with van der Waals surface area (Å²) in [5, 5.41) is 9.28. The third kappa shape index (κ3) is 2.35. The smallest absolute Gasteiger partial charge is 0.107 e. The molecule has 1 saturated carbocycles. The molecule has 1 aromatic carbocycles. The number of nitrogens with zero attached hydrogens (tertiary/aromatic N) is 1. The molecule has 0 unspecified atom stereocenters. The molecule has 2 heteroatoms. The average molecular weight is 217 g/mol. The summed E-state index contributed by atoms with van der Waals surface area (Å²) < 4.78 is -0.145. The minimum absolute atomic E-state index is 0.145. The molecule has 0 atom stereocenters. The lowest BCUT2D eigenvalue weighted by molar-refractivity contribution is 0.759. The van der Waals surface area contributed by atoms with E-state index >= 15 is 0 Å². The molecule has 0 spiro atoms. The van der Waals surface area contributed by atoms with Gasteiger partial charge in [-0.15, -0.1) is 11.8 Å². The van der Waals surface area contributed by atoms with Crippen LogP contribution in [0.15, 0.2) is 29.2 Å². The number of nitriles is 1. The molecule has 0 aliphatic heterocycles. The van der Waals surface area contributed by atoms with Crippen LogP contribution in [0.5, 0.6) is 0 Å². The molecule has 1 aromatic rings. The number of aryl methyl sites for hydroxylation is 1. The Morgan fingerprint density at radius 2 is 2.07 bits per heavy atom. The molecule has 0 saturated heterocycles. The molecule has 0 aromatic heterocycles. The first-order chi connectivity index (χ1) is 7.24. The highest BCUT2D eigenvalue weighted by molar-refractivity contribution is 8.01. The first kappa shape index (κ1) is 10.6. The summed E-state index contributed by atoms with van der Waals surface area (Å²) in [5.41, 5.74) is 1.27. The topological polar surface area (TPSA) is 23.8 Å². The van der Waals surface area contributed by atoms with E-state index < -0.39 is 0 Å². The number of hydrogen-bond acceptors (Lipinski definition) is 2. The predicted octanol–water partition coefficient (Wildman–Crippen LogP) is 3.92. The van der Waals surface area contributed by atoms with Crippen molar-refractivity contribution >= 4 is 11.8 Å². The van der Waals surface area contributed by atoms with Crippen LogP contribution in [0.4, 0.5) is 0 Å². The van der Waals surface area contributed by atoms with E-state index in [1.165, 1.54) is 23.3 Å². The van der Waals surface area contributed by atoms with Gasteiger partial charge in [0.05, 0.1) is 6.07 Å². The summed E-state index contributed by atoms with van der Waals surface area (Å²) >= 11 is 1.75. The van der Waals surface area contributed by atoms with Crippen LogP contribution in [-0.4, -0.2) is 4.75 Å². The summed E-state index contributed by atoms with van der Waals surface area (Å²) in [4.78, 5) is 1.23. The highest BCUT2D eigenvalue weighted by atomic mass is 32.2. The Hall–Kier alpha value is -0.940. The molecule has 0 N–H and O–H groups in total. The van der Waals surface area contributed by atoms with Gasteiger partial charge in [0.15, 0.2) is 0 Å². The lowest BCUT2D eigenvalue weighted by Gasteiger charge is -2.19. The highest BCUT2D eigenvalue weighted by Crippen LogP contribution is 2.44. The van der Waals surface area contributed by atoms with Crippen LogP contribution in [0.2, 0.25) is 0 Å². The van der Waals surface area contributed by atoms with E-state index in [-0.39, 0.29) is 4.75 Å². The van der Waals surface area contributed by atoms with Gasteiger partial charge in [-0.2, -0.15) is 5.26 Å². The van der Waals surface area contributed by atoms with E-state index in [0.29, 0.717) is 0 Å². The van der Waals surface area contributed by atoms with Crippen molar-refractivity contribution in [2.45, 2.75) is 42.2 Å². The van der Waals surface area contributed by atoms with Crippen LogP contribution in [-0.2, 0) is 0 Å². The average Bonchev–Trinajstić information content (AvgIpc) is 2.67. The number of hydrogen-bond donors (Lipinski definition) is 0. The maximum absolute atomic E-state index is 9.28. The Morgan fingerprint density at radius 1 is 1.33 bits per heavy atom. The Bertz CT molecular complexity index is 386. The Labute approximate surface area is 95.5 Å². The van der Waals surface area contributed by atoms with Crippen LogP contribution in [0.3, 0.4) is 0 Å². The largest absolute Gasteiger partial charge is 0.197 e. The van der Waals surface area contributed by atoms with Crippen molar-refractivity contribution in [1.82, 2.24) is 0 Å². The van der Waals surface area contributed by atoms with E-state index in [4.69, 9.17) is 0 Å². The van der Waals surface area contributed by atoms with Gasteiger partial charge in [0.1, 0.15) is 4.75 Å². The second-order valence-electron chi connectivity index (χ2n) is 4.23. The minimum atomic E-state index is -0.145. The predicted molar refractivity (Wildman–Crippen MR) is 63.8 cm³/mol. The van der Waals surface area contributed by atoms with Crippen molar-refractivity contribution in [3.8, 4) is 6.07 Å². The molecular formula is C13H15NS. The zero-order chi connectivity index (χ0) is 10.7. The van der Waals surface area contributed by atoms with Crippen molar-refractivity contribution in [3.05, 3.63) is 29.8 Å². The third-order valence-electron chi connectivity index (χ3n) is 2.92. The molecular weight excluding hydrogens is 202 g/mol. The summed E-state index contributed by atoms with van der Waals surface area (Å²) in [6.07, 6.45) is 4.49. The normalized spacial score (nSPS) is 18.7. The van der Waals surface area contributed by atoms with Gasteiger partial charge in [-0.1, -0.05) is 30.5 Å². The van der Waals surface area contributed by atoms with E-state index in [2.05, 4.69) is 37.3 Å². The van der Waals surface area contributed by atoms with Gasteiger partial charge < -0.3 is 0 Å². The summed E-state index contributed by atoms with van der Waals surface area (Å²) in [5.74, 6) is 0. The second-order valence-corrected chi connectivity index (χ2v) is 5.69. The van der Waals surface area contributed by atoms with Gasteiger partial charge in [-0.25, -0.2) is 0 Å². The summed E-state index contributed by atoms with van der Waals surface area (Å²) in [6.45, 7) is 2.09. The van der Waals surface area contributed by atoms with E-state index in [1.807, 2.05) is 0 Å². The first-order valence-electron chi connectivity index (χ1n) is 5.41. The molecule has 1 nitrogen and oxygen atoms in total. The Morgan fingerprint density at radius 3 is 2.67 bits per heavy atom. The van der Waals surface area contributed by atoms with Gasteiger partial charge in [-0.05, 0) is 31.9 Å². The van der Waals surface area contributed by atoms with Gasteiger partial charge in [-0.3, -0.25) is 0 Å². The molecule has 1 aliphatic rings. The van der Waals surface area contributed by atoms with Gasteiger partial charge in [0, 0.05) is 4.90 Å². The molecule has 0 amide bonds. The number of rotatable bonds is 2. The van der Waals surface area contributed by atoms with Crippen molar-refractivity contribution in [3.63, 3.8) is 0 Å². The molecule has 0 bridgehead atoms. The lowest BCUT2D eigenvalue weighted by Crippen LogP contribution is -2.16. The van der Waals surface area contributed by atoms with Crippen LogP contribution >= 0.6 is 11.8 Å². The van der Waals surface area contributed by atoms with Crippen LogP contribution in [0, 0.1) is 18.3 Å². The minimum Gasteiger partial charge on any atom is -0.197 e. The first-order valence-corrected chi connectivity index (χ1v) is 6.23. The van der Waals surface area contributed by atoms with Crippen molar-refractivity contribution in [1.29, 1.82) is 5.26 Å². The maximum atomic E-state index is 9.28. The third-order valence-corrected chi connectivity index (χ3v) is 4.30. The summed E-state index contributed by atoms with van der Waals surface area (Å²) in [6, 6.07) is 10.9. The molecule has 1 aliphatic carbocycles. The zero-order valence-corrected chi connectivity index (χ0v) is 9.81. The zero-order valence-electron chi connectivity index (χ0n) is 8.99. The van der Waals surface area contributed by atoms with Crippen LogP contribution in [0.25, 0.3) is 0 Å². The number of benzene rings is 1. The standard InChI is InChI=1S/C13H15NS/c1-11-5-4-6-12(9-11)15-13(10-14)7-2-3-8-13/h4-6,9H,2-3,7-8H2,1H3. The maximum Gasteiger partial charge on any atom is 0.107 e.